The Morgan fingerprint density at radius 3 is 1.89 bits per heavy atom. The van der Waals surface area contributed by atoms with E-state index in [0.717, 1.165) is 29.0 Å². The van der Waals surface area contributed by atoms with Crippen LogP contribution in [-0.2, 0) is 25.8 Å². The third kappa shape index (κ3) is 6.66. The van der Waals surface area contributed by atoms with Gasteiger partial charge in [0.25, 0.3) is 5.91 Å². The van der Waals surface area contributed by atoms with E-state index in [0.29, 0.717) is 18.7 Å². The van der Waals surface area contributed by atoms with Gasteiger partial charge in [-0.05, 0) is 34.9 Å². The van der Waals surface area contributed by atoms with Gasteiger partial charge in [-0.1, -0.05) is 72.8 Å². The summed E-state index contributed by atoms with van der Waals surface area (Å²) in [4.78, 5) is 22.5. The van der Waals surface area contributed by atoms with E-state index >= 15 is 0 Å². The number of alkyl halides is 3. The molecule has 8 heteroatoms. The van der Waals surface area contributed by atoms with Gasteiger partial charge in [0.1, 0.15) is 5.69 Å². The van der Waals surface area contributed by atoms with Crippen molar-refractivity contribution in [2.45, 2.75) is 25.8 Å². The molecule has 0 saturated heterocycles. The predicted octanol–water partition coefficient (Wildman–Crippen LogP) is 5.95. The highest BCUT2D eigenvalue weighted by Crippen LogP contribution is 2.27. The monoisotopic (exact) mass is 476 g/mol. The van der Waals surface area contributed by atoms with Gasteiger partial charge in [0.15, 0.2) is 0 Å². The summed E-state index contributed by atoms with van der Waals surface area (Å²) in [6, 6.07) is 27.3. The predicted molar refractivity (Wildman–Crippen MR) is 127 cm³/mol. The fraction of sp³-hybridized carbons (Fsp3) is 0.148. The highest BCUT2D eigenvalue weighted by Gasteiger charge is 2.32. The van der Waals surface area contributed by atoms with Crippen LogP contribution in [0.15, 0.2) is 97.2 Å². The zero-order chi connectivity index (χ0) is 24.7. The van der Waals surface area contributed by atoms with E-state index in [1.165, 1.54) is 0 Å². The lowest BCUT2D eigenvalue weighted by molar-refractivity contribution is -0.141. The molecule has 0 aliphatic carbocycles. The Morgan fingerprint density at radius 1 is 0.771 bits per heavy atom. The molecule has 0 radical (unpaired) electrons. The van der Waals surface area contributed by atoms with Gasteiger partial charge in [-0.25, -0.2) is 9.97 Å². The lowest BCUT2D eigenvalue weighted by Crippen LogP contribution is -2.30. The van der Waals surface area contributed by atoms with Crippen LogP contribution >= 0.6 is 0 Å². The topological polar surface area (TPSA) is 58.1 Å². The van der Waals surface area contributed by atoms with Crippen LogP contribution in [0.3, 0.4) is 0 Å². The number of hydrogen-bond donors (Lipinski definition) is 1. The molecule has 1 heterocycles. The fourth-order valence-electron chi connectivity index (χ4n) is 3.54. The third-order valence-corrected chi connectivity index (χ3v) is 5.32. The zero-order valence-corrected chi connectivity index (χ0v) is 18.7. The molecular formula is C27H23F3N4O. The van der Waals surface area contributed by atoms with Gasteiger partial charge in [0, 0.05) is 31.4 Å². The molecule has 0 bridgehead atoms. The lowest BCUT2D eigenvalue weighted by atomic mass is 10.1. The normalized spacial score (nSPS) is 11.2. The van der Waals surface area contributed by atoms with Crippen molar-refractivity contribution >= 4 is 11.9 Å². The van der Waals surface area contributed by atoms with Gasteiger partial charge in [-0.3, -0.25) is 4.79 Å². The highest BCUT2D eigenvalue weighted by molar-refractivity contribution is 5.94. The number of nitrogens with one attached hydrogen (secondary N) is 1. The number of hydrogen-bond acceptors (Lipinski definition) is 4. The van der Waals surface area contributed by atoms with Gasteiger partial charge in [-0.15, -0.1) is 0 Å². The standard InChI is InChI=1S/C27H23F3N4O/c28-27(29,30)24-15-16-31-26(33-24)32-17-20-11-13-23(14-12-20)25(35)34(18-21-7-3-1-4-8-21)19-22-9-5-2-6-10-22/h1-16H,17-19H2,(H,31,32,33). The molecule has 178 valence electrons. The molecule has 0 fully saturated rings. The van der Waals surface area contributed by atoms with E-state index in [9.17, 15) is 18.0 Å². The van der Waals surface area contributed by atoms with E-state index in [1.807, 2.05) is 60.7 Å². The van der Waals surface area contributed by atoms with Crippen molar-refractivity contribution in [3.05, 3.63) is 125 Å². The average Bonchev–Trinajstić information content (AvgIpc) is 2.88. The number of nitrogens with zero attached hydrogens (tertiary/aromatic N) is 3. The summed E-state index contributed by atoms with van der Waals surface area (Å²) in [5.74, 6) is -0.227. The summed E-state index contributed by atoms with van der Waals surface area (Å²) in [6.45, 7) is 1.14. The number of aromatic nitrogens is 2. The Labute approximate surface area is 201 Å². The molecule has 4 rings (SSSR count). The van der Waals surface area contributed by atoms with E-state index in [2.05, 4.69) is 15.3 Å². The average molecular weight is 477 g/mol. The van der Waals surface area contributed by atoms with Crippen LogP contribution in [0.4, 0.5) is 19.1 Å². The van der Waals surface area contributed by atoms with Crippen molar-refractivity contribution in [2.24, 2.45) is 0 Å². The quantitative estimate of drug-likeness (QED) is 0.341. The van der Waals surface area contributed by atoms with E-state index in [-0.39, 0.29) is 18.4 Å². The minimum absolute atomic E-state index is 0.113. The number of halogens is 3. The van der Waals surface area contributed by atoms with Crippen molar-refractivity contribution in [3.63, 3.8) is 0 Å². The van der Waals surface area contributed by atoms with Crippen LogP contribution in [-0.4, -0.2) is 20.8 Å². The summed E-state index contributed by atoms with van der Waals surface area (Å²) in [5.41, 5.74) is 2.35. The van der Waals surface area contributed by atoms with E-state index < -0.39 is 11.9 Å². The maximum atomic E-state index is 13.4. The van der Waals surface area contributed by atoms with Crippen molar-refractivity contribution in [1.82, 2.24) is 14.9 Å². The van der Waals surface area contributed by atoms with Gasteiger partial charge in [-0.2, -0.15) is 13.2 Å². The first-order chi connectivity index (χ1) is 16.9. The molecule has 0 aliphatic heterocycles. The number of carbonyl (C=O) groups excluding carboxylic acids is 1. The number of benzene rings is 3. The Balaban J connectivity index is 1.45. The van der Waals surface area contributed by atoms with Gasteiger partial charge in [0.2, 0.25) is 5.95 Å². The number of rotatable bonds is 8. The molecule has 0 spiro atoms. The molecule has 5 nitrogen and oxygen atoms in total. The van der Waals surface area contributed by atoms with Crippen LogP contribution in [0.5, 0.6) is 0 Å². The van der Waals surface area contributed by atoms with Crippen molar-refractivity contribution in [1.29, 1.82) is 0 Å². The van der Waals surface area contributed by atoms with Gasteiger partial charge in [0.05, 0.1) is 0 Å². The maximum Gasteiger partial charge on any atom is 0.433 e. The zero-order valence-electron chi connectivity index (χ0n) is 18.7. The second kappa shape index (κ2) is 10.8. The Kier molecular flexibility index (Phi) is 7.40. The summed E-state index contributed by atoms with van der Waals surface area (Å²) >= 11 is 0. The lowest BCUT2D eigenvalue weighted by Gasteiger charge is -2.23. The molecule has 1 aromatic heterocycles. The molecule has 0 atom stereocenters. The number of anilines is 1. The molecule has 0 saturated carbocycles. The van der Waals surface area contributed by atoms with Crippen LogP contribution in [0.2, 0.25) is 0 Å². The van der Waals surface area contributed by atoms with Gasteiger partial charge >= 0.3 is 6.18 Å². The minimum atomic E-state index is -4.53. The smallest absolute Gasteiger partial charge is 0.350 e. The van der Waals surface area contributed by atoms with Crippen LogP contribution in [0.25, 0.3) is 0 Å². The largest absolute Gasteiger partial charge is 0.433 e. The molecule has 1 amide bonds. The first-order valence-corrected chi connectivity index (χ1v) is 11.0. The molecule has 0 unspecified atom stereocenters. The van der Waals surface area contributed by atoms with Crippen molar-refractivity contribution in [2.75, 3.05) is 5.32 Å². The molecule has 0 aliphatic rings. The SMILES string of the molecule is O=C(c1ccc(CNc2nccc(C(F)(F)F)n2)cc1)N(Cc1ccccc1)Cc1ccccc1. The van der Waals surface area contributed by atoms with Crippen LogP contribution in [0.1, 0.15) is 32.7 Å². The summed E-state index contributed by atoms with van der Waals surface area (Å²) in [6.07, 6.45) is -3.47. The molecule has 3 aromatic carbocycles. The number of carbonyl (C=O) groups is 1. The highest BCUT2D eigenvalue weighted by atomic mass is 19.4. The van der Waals surface area contributed by atoms with Crippen molar-refractivity contribution in [3.8, 4) is 0 Å². The first kappa shape index (κ1) is 23.9. The minimum Gasteiger partial charge on any atom is -0.350 e. The van der Waals surface area contributed by atoms with Crippen molar-refractivity contribution < 1.29 is 18.0 Å². The van der Waals surface area contributed by atoms with E-state index in [1.54, 1.807) is 29.2 Å². The number of amides is 1. The second-order valence-corrected chi connectivity index (χ2v) is 7.95. The molecule has 1 N–H and O–H groups in total. The third-order valence-electron chi connectivity index (χ3n) is 5.32. The van der Waals surface area contributed by atoms with Crippen LogP contribution in [0, 0.1) is 0 Å². The van der Waals surface area contributed by atoms with Crippen LogP contribution < -0.4 is 5.32 Å². The Morgan fingerprint density at radius 2 is 1.34 bits per heavy atom. The fourth-order valence-corrected chi connectivity index (χ4v) is 3.54. The summed E-state index contributed by atoms with van der Waals surface area (Å²) in [7, 11) is 0. The first-order valence-electron chi connectivity index (χ1n) is 11.0. The molecular weight excluding hydrogens is 453 g/mol. The van der Waals surface area contributed by atoms with E-state index in [4.69, 9.17) is 0 Å². The molecule has 35 heavy (non-hydrogen) atoms. The Hall–Kier alpha value is -4.20. The molecule has 4 aromatic rings. The Bertz CT molecular complexity index is 1210. The summed E-state index contributed by atoms with van der Waals surface area (Å²) < 4.78 is 38.5. The second-order valence-electron chi connectivity index (χ2n) is 7.95. The summed E-state index contributed by atoms with van der Waals surface area (Å²) in [5, 5.41) is 2.79. The maximum absolute atomic E-state index is 13.4. The van der Waals surface area contributed by atoms with Gasteiger partial charge < -0.3 is 10.2 Å².